The minimum atomic E-state index is 0.537. The summed E-state index contributed by atoms with van der Waals surface area (Å²) in [6.45, 7) is 2.05. The second kappa shape index (κ2) is 6.85. The van der Waals surface area contributed by atoms with Crippen molar-refractivity contribution >= 4 is 18.4 Å². The van der Waals surface area contributed by atoms with Crippen molar-refractivity contribution in [2.75, 3.05) is 0 Å². The molecule has 0 N–H and O–H groups in total. The molecule has 0 heterocycles. The summed E-state index contributed by atoms with van der Waals surface area (Å²) in [6, 6.07) is 0. The lowest BCUT2D eigenvalue weighted by molar-refractivity contribution is 0.167. The highest BCUT2D eigenvalue weighted by Gasteiger charge is 2.17. The number of hydrogen-bond acceptors (Lipinski definition) is 2. The first kappa shape index (κ1) is 11.8. The van der Waals surface area contributed by atoms with E-state index >= 15 is 0 Å². The van der Waals surface area contributed by atoms with Gasteiger partial charge in [-0.25, -0.2) is 0 Å². The molecule has 85 valence electrons. The van der Waals surface area contributed by atoms with Crippen molar-refractivity contribution in [1.82, 2.24) is 0 Å². The van der Waals surface area contributed by atoms with E-state index in [9.17, 15) is 0 Å². The molecule has 15 heavy (non-hydrogen) atoms. The molecule has 0 atom stereocenters. The van der Waals surface area contributed by atoms with Crippen LogP contribution >= 0.6 is 11.6 Å². The average Bonchev–Trinajstić information content (AvgIpc) is 2.32. The van der Waals surface area contributed by atoms with Crippen LogP contribution in [0.5, 0.6) is 0 Å². The van der Waals surface area contributed by atoms with Crippen molar-refractivity contribution in [3.05, 3.63) is 0 Å². The zero-order valence-corrected chi connectivity index (χ0v) is 10.4. The van der Waals surface area contributed by atoms with Crippen molar-refractivity contribution in [2.24, 2.45) is 0 Å². The van der Waals surface area contributed by atoms with Crippen LogP contribution in [0.25, 0.3) is 0 Å². The second-order valence-corrected chi connectivity index (χ2v) is 6.02. The molecule has 0 aromatic rings. The van der Waals surface area contributed by atoms with Crippen LogP contribution in [-0.2, 0) is 4.65 Å². The van der Waals surface area contributed by atoms with Gasteiger partial charge < -0.3 is 4.65 Å². The van der Waals surface area contributed by atoms with Gasteiger partial charge in [0.2, 0.25) is 0 Å². The van der Waals surface area contributed by atoms with Crippen molar-refractivity contribution in [2.45, 2.75) is 75.6 Å². The molecule has 0 aliphatic heterocycles. The fourth-order valence-electron chi connectivity index (χ4n) is 2.59. The molecule has 2 aliphatic carbocycles. The van der Waals surface area contributed by atoms with E-state index in [1.807, 2.05) is 18.4 Å². The van der Waals surface area contributed by atoms with Crippen LogP contribution in [0.15, 0.2) is 0 Å². The van der Waals surface area contributed by atoms with Crippen LogP contribution in [-0.4, -0.2) is 18.1 Å². The summed E-state index contributed by atoms with van der Waals surface area (Å²) in [5.74, 6) is 0. The van der Waals surface area contributed by atoms with Crippen molar-refractivity contribution < 1.29 is 4.65 Å². The lowest BCUT2D eigenvalue weighted by Crippen LogP contribution is -2.19. The maximum atomic E-state index is 5.82. The van der Waals surface area contributed by atoms with Gasteiger partial charge in [0.1, 0.15) is 0 Å². The van der Waals surface area contributed by atoms with Gasteiger partial charge in [-0.3, -0.25) is 0 Å². The van der Waals surface area contributed by atoms with Crippen LogP contribution in [0, 0.1) is 0 Å². The van der Waals surface area contributed by atoms with Gasteiger partial charge in [0.25, 0.3) is 0 Å². The highest BCUT2D eigenvalue weighted by Crippen LogP contribution is 2.28. The maximum Gasteiger partial charge on any atom is 0.372 e. The normalized spacial score (nSPS) is 25.3. The van der Waals surface area contributed by atoms with E-state index < -0.39 is 0 Å². The molecule has 1 nitrogen and oxygen atoms in total. The topological polar surface area (TPSA) is 9.23 Å². The quantitative estimate of drug-likeness (QED) is 0.670. The molecular weight excluding hydrogens is 203 g/mol. The molecule has 1 radical (unpaired) electrons. The molecule has 0 aromatic carbocycles. The zero-order chi connectivity index (χ0) is 10.3. The SMILES string of the molecule is [B](OC1CCCCC1)SC1CCCCC1. The molecule has 2 rings (SSSR count). The largest absolute Gasteiger partial charge is 0.426 e. The third-order valence-electron chi connectivity index (χ3n) is 3.60. The molecule has 2 saturated carbocycles. The van der Waals surface area contributed by atoms with Gasteiger partial charge >= 0.3 is 6.76 Å². The minimum Gasteiger partial charge on any atom is -0.426 e. The van der Waals surface area contributed by atoms with E-state index in [1.165, 1.54) is 64.2 Å². The molecule has 0 unspecified atom stereocenters. The first-order chi connectivity index (χ1) is 7.45. The van der Waals surface area contributed by atoms with E-state index in [2.05, 4.69) is 0 Å². The van der Waals surface area contributed by atoms with Crippen molar-refractivity contribution in [3.63, 3.8) is 0 Å². The van der Waals surface area contributed by atoms with E-state index in [-0.39, 0.29) is 0 Å². The van der Waals surface area contributed by atoms with Crippen LogP contribution in [0.2, 0.25) is 0 Å². The molecule has 2 aliphatic rings. The van der Waals surface area contributed by atoms with Crippen LogP contribution < -0.4 is 0 Å². The summed E-state index contributed by atoms with van der Waals surface area (Å²) in [6.07, 6.45) is 14.3. The lowest BCUT2D eigenvalue weighted by atomic mass is 9.97. The zero-order valence-electron chi connectivity index (χ0n) is 9.62. The monoisotopic (exact) mass is 225 g/mol. The maximum absolute atomic E-state index is 5.82. The molecular formula is C12H22BOS. The fraction of sp³-hybridized carbons (Fsp3) is 1.00. The van der Waals surface area contributed by atoms with E-state index in [1.54, 1.807) is 0 Å². The summed E-state index contributed by atoms with van der Waals surface area (Å²) in [7, 11) is 0. The van der Waals surface area contributed by atoms with Crippen LogP contribution in [0.1, 0.15) is 64.2 Å². The van der Waals surface area contributed by atoms with Crippen molar-refractivity contribution in [3.8, 4) is 0 Å². The Hall–Kier alpha value is 0.375. The predicted octanol–water partition coefficient (Wildman–Crippen LogP) is 3.94. The van der Waals surface area contributed by atoms with Gasteiger partial charge in [-0.1, -0.05) is 38.5 Å². The molecule has 0 amide bonds. The summed E-state index contributed by atoms with van der Waals surface area (Å²) < 4.78 is 5.82. The Morgan fingerprint density at radius 1 is 0.800 bits per heavy atom. The molecule has 0 bridgehead atoms. The van der Waals surface area contributed by atoms with Crippen molar-refractivity contribution in [1.29, 1.82) is 0 Å². The third-order valence-corrected chi connectivity index (χ3v) is 4.68. The molecule has 0 saturated heterocycles. The molecule has 0 aromatic heterocycles. The standard InChI is InChI=1S/C12H22BOS/c1-3-7-11(8-4-1)14-13-15-12-9-5-2-6-10-12/h11-12H,1-10H2. The highest BCUT2D eigenvalue weighted by atomic mass is 32.2. The fourth-order valence-corrected chi connectivity index (χ4v) is 3.58. The summed E-state index contributed by atoms with van der Waals surface area (Å²) >= 11 is 1.94. The lowest BCUT2D eigenvalue weighted by Gasteiger charge is -2.24. The van der Waals surface area contributed by atoms with Gasteiger partial charge in [0.15, 0.2) is 0 Å². The Balaban J connectivity index is 1.53. The minimum absolute atomic E-state index is 0.537. The molecule has 2 fully saturated rings. The Morgan fingerprint density at radius 3 is 2.07 bits per heavy atom. The number of hydrogen-bond donors (Lipinski definition) is 0. The molecule has 3 heteroatoms. The van der Waals surface area contributed by atoms with E-state index in [0.29, 0.717) is 6.10 Å². The van der Waals surface area contributed by atoms with Crippen LogP contribution in [0.3, 0.4) is 0 Å². The third kappa shape index (κ3) is 4.40. The average molecular weight is 225 g/mol. The van der Waals surface area contributed by atoms with Gasteiger partial charge in [-0.05, 0) is 30.9 Å². The first-order valence-corrected chi connectivity index (χ1v) is 7.52. The van der Waals surface area contributed by atoms with E-state index in [4.69, 9.17) is 4.65 Å². The van der Waals surface area contributed by atoms with Gasteiger partial charge in [-0.2, -0.15) is 11.6 Å². The predicted molar refractivity (Wildman–Crippen MR) is 68.2 cm³/mol. The smallest absolute Gasteiger partial charge is 0.372 e. The molecule has 0 spiro atoms. The van der Waals surface area contributed by atoms with Gasteiger partial charge in [0, 0.05) is 6.10 Å². The summed E-state index contributed by atoms with van der Waals surface area (Å²) in [5, 5.41) is 0.849. The summed E-state index contributed by atoms with van der Waals surface area (Å²) in [4.78, 5) is 0. The number of rotatable bonds is 4. The van der Waals surface area contributed by atoms with Gasteiger partial charge in [0.05, 0.1) is 0 Å². The Labute approximate surface area is 98.9 Å². The Kier molecular flexibility index (Phi) is 5.41. The summed E-state index contributed by atoms with van der Waals surface area (Å²) in [5.41, 5.74) is 0. The second-order valence-electron chi connectivity index (χ2n) is 4.89. The van der Waals surface area contributed by atoms with Crippen LogP contribution in [0.4, 0.5) is 0 Å². The Morgan fingerprint density at radius 2 is 1.40 bits per heavy atom. The van der Waals surface area contributed by atoms with E-state index in [0.717, 1.165) is 5.25 Å². The Bertz CT molecular complexity index is 147. The highest BCUT2D eigenvalue weighted by molar-refractivity contribution is 8.22. The van der Waals surface area contributed by atoms with Gasteiger partial charge in [-0.15, -0.1) is 0 Å². The first-order valence-electron chi connectivity index (χ1n) is 6.58.